The largest absolute Gasteiger partial charge is 0.467 e. The predicted molar refractivity (Wildman–Crippen MR) is 137 cm³/mol. The zero-order valence-electron chi connectivity index (χ0n) is 19.8. The summed E-state index contributed by atoms with van der Waals surface area (Å²) in [6, 6.07) is 30.9. The van der Waals surface area contributed by atoms with Crippen molar-refractivity contribution >= 4 is 39.8 Å². The van der Waals surface area contributed by atoms with E-state index in [-0.39, 0.29) is 5.29 Å². The van der Waals surface area contributed by atoms with E-state index in [1.807, 2.05) is 91.0 Å². The second-order valence-corrected chi connectivity index (χ2v) is 11.8. The van der Waals surface area contributed by atoms with Gasteiger partial charge in [-0.1, -0.05) is 91.0 Å². The number of benzene rings is 3. The Hall–Kier alpha value is -3.49. The molecule has 3 aromatic rings. The average molecular weight is 487 g/mol. The highest BCUT2D eigenvalue weighted by Gasteiger charge is 2.51. The highest BCUT2D eigenvalue weighted by Crippen LogP contribution is 2.47. The van der Waals surface area contributed by atoms with Crippen molar-refractivity contribution in [1.82, 2.24) is 0 Å². The number of Topliss-reactive ketones (excluding diaryl/α,β-unsaturated/α-hetero) is 1. The fourth-order valence-electron chi connectivity index (χ4n) is 4.46. The minimum atomic E-state index is -2.96. The zero-order valence-corrected chi connectivity index (χ0v) is 20.6. The van der Waals surface area contributed by atoms with Gasteiger partial charge in [-0.15, -0.1) is 0 Å². The summed E-state index contributed by atoms with van der Waals surface area (Å²) in [7, 11) is 1.22. The molecule has 6 nitrogen and oxygen atoms in total. The third-order valence-corrected chi connectivity index (χ3v) is 10.1. The van der Waals surface area contributed by atoms with Crippen molar-refractivity contribution in [2.45, 2.75) is 31.8 Å². The molecule has 178 valence electrons. The van der Waals surface area contributed by atoms with E-state index in [9.17, 15) is 14.9 Å². The van der Waals surface area contributed by atoms with E-state index >= 15 is 0 Å². The van der Waals surface area contributed by atoms with Crippen molar-refractivity contribution in [3.63, 3.8) is 0 Å². The Morgan fingerprint density at radius 1 is 0.800 bits per heavy atom. The molecule has 0 spiro atoms. The first kappa shape index (κ1) is 24.6. The number of esters is 1. The van der Waals surface area contributed by atoms with Crippen LogP contribution in [-0.4, -0.2) is 42.2 Å². The lowest BCUT2D eigenvalue weighted by Gasteiger charge is -2.30. The Kier molecular flexibility index (Phi) is 7.05. The number of carbonyl (C=O) groups excluding carboxylic acids is 2. The van der Waals surface area contributed by atoms with Crippen molar-refractivity contribution in [2.24, 2.45) is 0 Å². The molecule has 0 bridgehead atoms. The molecule has 0 aromatic heterocycles. The molecule has 3 aromatic carbocycles. The number of ether oxygens (including phenoxy) is 3. The van der Waals surface area contributed by atoms with Crippen LogP contribution in [0.4, 0.5) is 0 Å². The van der Waals surface area contributed by atoms with E-state index in [1.54, 1.807) is 13.8 Å². The van der Waals surface area contributed by atoms with Crippen LogP contribution in [0.1, 0.15) is 13.8 Å². The Labute approximate surface area is 205 Å². The van der Waals surface area contributed by atoms with Gasteiger partial charge in [0.05, 0.1) is 7.11 Å². The molecule has 7 heteroatoms. The third kappa shape index (κ3) is 4.47. The van der Waals surface area contributed by atoms with E-state index in [4.69, 9.17) is 14.2 Å². The molecule has 4 rings (SSSR count). The molecule has 2 atom stereocenters. The van der Waals surface area contributed by atoms with Crippen molar-refractivity contribution < 1.29 is 23.8 Å². The van der Waals surface area contributed by atoms with Gasteiger partial charge in [0.25, 0.3) is 0 Å². The van der Waals surface area contributed by atoms with Crippen LogP contribution in [0.25, 0.3) is 0 Å². The number of hydrogen-bond donors (Lipinski definition) is 0. The molecule has 1 aliphatic rings. The summed E-state index contributed by atoms with van der Waals surface area (Å²) in [5, 5.41) is 13.2. The molecule has 1 heterocycles. The van der Waals surface area contributed by atoms with E-state index in [1.165, 1.54) is 7.11 Å². The summed E-state index contributed by atoms with van der Waals surface area (Å²) in [4.78, 5) is 26.7. The Bertz CT molecular complexity index is 1210. The first-order valence-corrected chi connectivity index (χ1v) is 12.9. The molecule has 35 heavy (non-hydrogen) atoms. The van der Waals surface area contributed by atoms with Gasteiger partial charge < -0.3 is 14.2 Å². The lowest BCUT2D eigenvalue weighted by molar-refractivity contribution is -0.168. The van der Waals surface area contributed by atoms with Crippen molar-refractivity contribution in [3.8, 4) is 6.07 Å². The van der Waals surface area contributed by atoms with Crippen LogP contribution in [0.15, 0.2) is 91.0 Å². The highest BCUT2D eigenvalue weighted by atomic mass is 31.2. The maximum atomic E-state index is 14.2. The number of nitriles is 1. The quantitative estimate of drug-likeness (QED) is 0.393. The van der Waals surface area contributed by atoms with Gasteiger partial charge in [-0.2, -0.15) is 5.26 Å². The van der Waals surface area contributed by atoms with E-state index in [0.717, 1.165) is 15.9 Å². The van der Waals surface area contributed by atoms with Crippen LogP contribution < -0.4 is 15.9 Å². The molecule has 0 radical (unpaired) electrons. The van der Waals surface area contributed by atoms with Crippen LogP contribution in [-0.2, 0) is 23.8 Å². The first-order valence-electron chi connectivity index (χ1n) is 11.2. The summed E-state index contributed by atoms with van der Waals surface area (Å²) < 4.78 is 16.5. The number of nitrogens with zero attached hydrogens (tertiary/aromatic N) is 1. The molecular weight excluding hydrogens is 461 g/mol. The predicted octanol–water partition coefficient (Wildman–Crippen LogP) is 2.94. The maximum absolute atomic E-state index is 14.2. The Morgan fingerprint density at radius 3 is 1.57 bits per heavy atom. The lowest BCUT2D eigenvalue weighted by Crippen LogP contribution is -2.43. The molecule has 0 amide bonds. The maximum Gasteiger partial charge on any atom is 0.338 e. The summed E-state index contributed by atoms with van der Waals surface area (Å²) in [6.07, 6.45) is -2.60. The van der Waals surface area contributed by atoms with Crippen molar-refractivity contribution in [2.75, 3.05) is 7.11 Å². The van der Waals surface area contributed by atoms with Crippen LogP contribution in [0.5, 0.6) is 0 Å². The first-order chi connectivity index (χ1) is 16.8. The second kappa shape index (κ2) is 10.0. The minimum absolute atomic E-state index is 0.0290. The van der Waals surface area contributed by atoms with Crippen molar-refractivity contribution in [1.29, 1.82) is 5.26 Å². The lowest BCUT2D eigenvalue weighted by atomic mass is 10.1. The zero-order chi connectivity index (χ0) is 25.1. The Balaban J connectivity index is 2.10. The van der Waals surface area contributed by atoms with Gasteiger partial charge in [0.15, 0.2) is 18.0 Å². The SMILES string of the molecule is COC(=O)[C@H]1OC(C)(C)O[C@@H]1C(=O)C(C#N)=P(c1ccccc1)(c1ccccc1)c1ccccc1. The van der Waals surface area contributed by atoms with E-state index in [2.05, 4.69) is 6.07 Å². The summed E-state index contributed by atoms with van der Waals surface area (Å²) in [6.45, 7) is 0.282. The summed E-state index contributed by atoms with van der Waals surface area (Å²) in [5.41, 5.74) is 0. The summed E-state index contributed by atoms with van der Waals surface area (Å²) >= 11 is 0. The van der Waals surface area contributed by atoms with Gasteiger partial charge in [0.1, 0.15) is 11.4 Å². The molecule has 0 N–H and O–H groups in total. The minimum Gasteiger partial charge on any atom is -0.467 e. The molecule has 1 fully saturated rings. The summed E-state index contributed by atoms with van der Waals surface area (Å²) in [5.74, 6) is -2.51. The van der Waals surface area contributed by atoms with Gasteiger partial charge >= 0.3 is 5.97 Å². The van der Waals surface area contributed by atoms with Gasteiger partial charge in [0.2, 0.25) is 5.78 Å². The molecule has 0 saturated carbocycles. The van der Waals surface area contributed by atoms with Gasteiger partial charge in [-0.25, -0.2) is 4.79 Å². The number of carbonyl (C=O) groups is 2. The Morgan fingerprint density at radius 2 is 1.20 bits per heavy atom. The van der Waals surface area contributed by atoms with E-state index < -0.39 is 36.6 Å². The second-order valence-electron chi connectivity index (χ2n) is 8.50. The highest BCUT2D eigenvalue weighted by molar-refractivity contribution is 7.97. The third-order valence-electron chi connectivity index (χ3n) is 5.89. The van der Waals surface area contributed by atoms with Crippen LogP contribution in [0, 0.1) is 11.3 Å². The average Bonchev–Trinajstić information content (AvgIpc) is 3.23. The normalized spacial score (nSPS) is 18.9. The fraction of sp³-hybridized carbons (Fsp3) is 0.214. The number of rotatable bonds is 6. The van der Waals surface area contributed by atoms with Crippen LogP contribution in [0.2, 0.25) is 0 Å². The molecule has 1 aliphatic heterocycles. The standard InChI is InChI=1S/C28H26NO5P/c1-28(2)33-25(26(34-28)27(31)32-3)24(30)23(19-29)35(20-13-7-4-8-14-20,21-15-9-5-10-16-21)22-17-11-6-12-18-22/h4-18,25-26H,1-3H3/t25-,26+/m1/s1. The van der Waals surface area contributed by atoms with Crippen LogP contribution >= 0.6 is 6.89 Å². The van der Waals surface area contributed by atoms with Gasteiger partial charge in [-0.05, 0) is 36.6 Å². The molecule has 1 saturated heterocycles. The topological polar surface area (TPSA) is 85.6 Å². The van der Waals surface area contributed by atoms with E-state index in [0.29, 0.717) is 0 Å². The fourth-order valence-corrected chi connectivity index (χ4v) is 8.60. The van der Waals surface area contributed by atoms with Crippen LogP contribution in [0.3, 0.4) is 0 Å². The molecule has 0 aliphatic carbocycles. The molecular formula is C28H26NO5P. The monoisotopic (exact) mass is 487 g/mol. The smallest absolute Gasteiger partial charge is 0.338 e. The number of hydrogen-bond acceptors (Lipinski definition) is 6. The number of methoxy groups -OCH3 is 1. The molecule has 0 unspecified atom stereocenters. The number of ketones is 1. The van der Waals surface area contributed by atoms with Gasteiger partial charge in [0, 0.05) is 0 Å². The van der Waals surface area contributed by atoms with Gasteiger partial charge in [-0.3, -0.25) is 4.79 Å². The van der Waals surface area contributed by atoms with Crippen molar-refractivity contribution in [3.05, 3.63) is 91.0 Å².